The lowest BCUT2D eigenvalue weighted by Crippen LogP contribution is -1.79. The van der Waals surface area contributed by atoms with Gasteiger partial charge in [0.25, 0.3) is 0 Å². The average Bonchev–Trinajstić information content (AvgIpc) is 1.94. The molecule has 1 aromatic carbocycles. The predicted molar refractivity (Wildman–Crippen MR) is 42.6 cm³/mol. The first kappa shape index (κ1) is 8.31. The molecule has 0 bridgehead atoms. The lowest BCUT2D eigenvalue weighted by atomic mass is 10.3. The minimum atomic E-state index is 0.822. The lowest BCUT2D eigenvalue weighted by molar-refractivity contribution is 1.69. The van der Waals surface area contributed by atoms with E-state index in [-0.39, 0.29) is 0 Å². The number of benzene rings is 1. The van der Waals surface area contributed by atoms with Crippen LogP contribution in [0.2, 0.25) is 0 Å². The quantitative estimate of drug-likeness (QED) is 0.437. The summed E-state index contributed by atoms with van der Waals surface area (Å²) in [4.78, 5) is 0. The number of hydrogen-bond donors (Lipinski definition) is 1. The third kappa shape index (κ3) is 3.86. The van der Waals surface area contributed by atoms with E-state index in [9.17, 15) is 0 Å². The van der Waals surface area contributed by atoms with Gasteiger partial charge in [-0.1, -0.05) is 18.2 Å². The monoisotopic (exact) mass is 143 g/mol. The van der Waals surface area contributed by atoms with Crippen LogP contribution in [0.5, 0.6) is 0 Å². The van der Waals surface area contributed by atoms with Crippen molar-refractivity contribution in [2.45, 2.75) is 0 Å². The Hall–Kier alpha value is -0.690. The van der Waals surface area contributed by atoms with Crippen molar-refractivity contribution in [3.8, 4) is 0 Å². The van der Waals surface area contributed by atoms with Crippen LogP contribution in [0.4, 0.5) is 5.69 Å². The van der Waals surface area contributed by atoms with E-state index in [1.165, 1.54) is 6.38 Å². The van der Waals surface area contributed by atoms with Crippen molar-refractivity contribution in [2.24, 2.45) is 0 Å². The molecule has 0 aliphatic carbocycles. The van der Waals surface area contributed by atoms with E-state index in [0.29, 0.717) is 0 Å². The fourth-order valence-corrected chi connectivity index (χ4v) is 0.453. The SMILES string of the molecule is CCl.Nc1ccccc1. The maximum absolute atomic E-state index is 5.36. The number of halogens is 1. The zero-order valence-electron chi connectivity index (χ0n) is 5.34. The van der Waals surface area contributed by atoms with Crippen LogP contribution in [0.15, 0.2) is 30.3 Å². The predicted octanol–water partition coefficient (Wildman–Crippen LogP) is 2.12. The van der Waals surface area contributed by atoms with Gasteiger partial charge in [0.1, 0.15) is 0 Å². The first-order valence-corrected chi connectivity index (χ1v) is 3.33. The molecule has 2 heteroatoms. The third-order valence-electron chi connectivity index (χ3n) is 0.800. The van der Waals surface area contributed by atoms with Crippen molar-refractivity contribution < 1.29 is 0 Å². The standard InChI is InChI=1S/C6H7N.CH3Cl/c7-6-4-2-1-3-5-6;1-2/h1-5H,7H2;1H3. The molecule has 9 heavy (non-hydrogen) atoms. The fourth-order valence-electron chi connectivity index (χ4n) is 0.453. The molecule has 0 atom stereocenters. The summed E-state index contributed by atoms with van der Waals surface area (Å²) in [5.74, 6) is 0. The zero-order chi connectivity index (χ0) is 7.11. The highest BCUT2D eigenvalue weighted by Gasteiger charge is 1.72. The van der Waals surface area contributed by atoms with Crippen LogP contribution >= 0.6 is 11.6 Å². The molecule has 0 saturated heterocycles. The fraction of sp³-hybridized carbons (Fsp3) is 0.143. The normalized spacial score (nSPS) is 7.33. The van der Waals surface area contributed by atoms with Gasteiger partial charge in [-0.05, 0) is 12.1 Å². The van der Waals surface area contributed by atoms with E-state index in [4.69, 9.17) is 5.73 Å². The van der Waals surface area contributed by atoms with Gasteiger partial charge in [0.15, 0.2) is 0 Å². The Morgan fingerprint density at radius 3 is 1.78 bits per heavy atom. The number of rotatable bonds is 0. The molecule has 1 nitrogen and oxygen atoms in total. The molecule has 0 radical (unpaired) electrons. The summed E-state index contributed by atoms with van der Waals surface area (Å²) in [5.41, 5.74) is 6.18. The van der Waals surface area contributed by atoms with Crippen molar-refractivity contribution in [3.05, 3.63) is 30.3 Å². The molecule has 0 aliphatic rings. The Balaban J connectivity index is 0.000000291. The van der Waals surface area contributed by atoms with E-state index < -0.39 is 0 Å². The first-order valence-electron chi connectivity index (χ1n) is 2.58. The van der Waals surface area contributed by atoms with E-state index in [1.54, 1.807) is 0 Å². The Morgan fingerprint density at radius 2 is 1.56 bits per heavy atom. The Bertz CT molecular complexity index is 139. The second kappa shape index (κ2) is 5.45. The van der Waals surface area contributed by atoms with Gasteiger partial charge in [-0.15, -0.1) is 11.6 Å². The molecule has 0 fully saturated rings. The number of anilines is 1. The lowest BCUT2D eigenvalue weighted by Gasteiger charge is -1.83. The van der Waals surface area contributed by atoms with Gasteiger partial charge in [-0.2, -0.15) is 0 Å². The third-order valence-corrected chi connectivity index (χ3v) is 0.800. The Labute approximate surface area is 60.4 Å². The van der Waals surface area contributed by atoms with Crippen LogP contribution < -0.4 is 5.73 Å². The first-order chi connectivity index (χ1) is 4.39. The highest BCUT2D eigenvalue weighted by Crippen LogP contribution is 1.95. The van der Waals surface area contributed by atoms with E-state index in [1.807, 2.05) is 30.3 Å². The zero-order valence-corrected chi connectivity index (χ0v) is 6.10. The molecule has 1 rings (SSSR count). The van der Waals surface area contributed by atoms with Crippen molar-refractivity contribution in [3.63, 3.8) is 0 Å². The molecule has 0 aliphatic heterocycles. The number of nitrogens with two attached hydrogens (primary N) is 1. The van der Waals surface area contributed by atoms with Gasteiger partial charge in [0.05, 0.1) is 0 Å². The Morgan fingerprint density at radius 1 is 1.11 bits per heavy atom. The summed E-state index contributed by atoms with van der Waals surface area (Å²) in [7, 11) is 0. The van der Waals surface area contributed by atoms with Crippen molar-refractivity contribution in [1.29, 1.82) is 0 Å². The molecule has 0 heterocycles. The molecule has 1 aromatic rings. The molecular weight excluding hydrogens is 134 g/mol. The van der Waals surface area contributed by atoms with Gasteiger partial charge < -0.3 is 5.73 Å². The molecule has 0 saturated carbocycles. The molecule has 0 aromatic heterocycles. The molecular formula is C7H10ClN. The second-order valence-electron chi connectivity index (χ2n) is 1.41. The Kier molecular flexibility index (Phi) is 5.03. The van der Waals surface area contributed by atoms with Crippen molar-refractivity contribution in [1.82, 2.24) is 0 Å². The van der Waals surface area contributed by atoms with Crippen LogP contribution in [0.25, 0.3) is 0 Å². The molecule has 0 amide bonds. The molecule has 0 spiro atoms. The average molecular weight is 144 g/mol. The van der Waals surface area contributed by atoms with Crippen molar-refractivity contribution in [2.75, 3.05) is 12.1 Å². The minimum Gasteiger partial charge on any atom is -0.399 e. The number of nitrogen functional groups attached to an aromatic ring is 1. The smallest absolute Gasteiger partial charge is 0.0313 e. The van der Waals surface area contributed by atoms with Gasteiger partial charge in [-0.3, -0.25) is 0 Å². The van der Waals surface area contributed by atoms with E-state index in [0.717, 1.165) is 5.69 Å². The summed E-state index contributed by atoms with van der Waals surface area (Å²) in [5, 5.41) is 0. The van der Waals surface area contributed by atoms with Crippen LogP contribution in [0.1, 0.15) is 0 Å². The number of hydrogen-bond acceptors (Lipinski definition) is 1. The van der Waals surface area contributed by atoms with E-state index in [2.05, 4.69) is 11.6 Å². The van der Waals surface area contributed by atoms with Crippen LogP contribution in [-0.4, -0.2) is 6.38 Å². The topological polar surface area (TPSA) is 26.0 Å². The minimum absolute atomic E-state index is 0.822. The molecule has 2 N–H and O–H groups in total. The summed E-state index contributed by atoms with van der Waals surface area (Å²) < 4.78 is 0. The number of alkyl halides is 1. The van der Waals surface area contributed by atoms with Crippen LogP contribution in [-0.2, 0) is 0 Å². The van der Waals surface area contributed by atoms with Crippen LogP contribution in [0.3, 0.4) is 0 Å². The maximum Gasteiger partial charge on any atom is 0.0313 e. The van der Waals surface area contributed by atoms with E-state index >= 15 is 0 Å². The highest BCUT2D eigenvalue weighted by molar-refractivity contribution is 6.15. The van der Waals surface area contributed by atoms with Crippen molar-refractivity contribution >= 4 is 17.3 Å². The maximum atomic E-state index is 5.36. The molecule has 50 valence electrons. The van der Waals surface area contributed by atoms with Gasteiger partial charge in [0, 0.05) is 12.1 Å². The summed E-state index contributed by atoms with van der Waals surface area (Å²) in [6.07, 6.45) is 1.47. The largest absolute Gasteiger partial charge is 0.399 e. The van der Waals surface area contributed by atoms with Crippen LogP contribution in [0, 0.1) is 0 Å². The highest BCUT2D eigenvalue weighted by atomic mass is 35.5. The summed E-state index contributed by atoms with van der Waals surface area (Å²) >= 11 is 4.64. The number of para-hydroxylation sites is 1. The summed E-state index contributed by atoms with van der Waals surface area (Å²) in [6.45, 7) is 0. The van der Waals surface area contributed by atoms with Gasteiger partial charge >= 0.3 is 0 Å². The van der Waals surface area contributed by atoms with Gasteiger partial charge in [-0.25, -0.2) is 0 Å². The van der Waals surface area contributed by atoms with Gasteiger partial charge in [0.2, 0.25) is 0 Å². The molecule has 0 unspecified atom stereocenters. The second-order valence-corrected chi connectivity index (χ2v) is 1.41. The summed E-state index contributed by atoms with van der Waals surface area (Å²) in [6, 6.07) is 9.49.